The van der Waals surface area contributed by atoms with Crippen molar-refractivity contribution < 1.29 is 9.59 Å². The highest BCUT2D eigenvalue weighted by Crippen LogP contribution is 2.39. The highest BCUT2D eigenvalue weighted by atomic mass is 79.9. The normalized spacial score (nSPS) is 17.7. The van der Waals surface area contributed by atoms with Gasteiger partial charge in [0.05, 0.1) is 11.3 Å². The van der Waals surface area contributed by atoms with Gasteiger partial charge in [0, 0.05) is 4.47 Å². The summed E-state index contributed by atoms with van der Waals surface area (Å²) in [6, 6.07) is 1.76. The van der Waals surface area contributed by atoms with Crippen molar-refractivity contribution in [2.75, 3.05) is 5.32 Å². The lowest BCUT2D eigenvalue weighted by Gasteiger charge is -2.07. The molecule has 2 aliphatic rings. The number of fused-ring (bicyclic) bond motifs is 3. The number of halogens is 1. The second kappa shape index (κ2) is 2.92. The van der Waals surface area contributed by atoms with E-state index in [9.17, 15) is 9.59 Å². The number of hydrogen-bond acceptors (Lipinski definition) is 2. The van der Waals surface area contributed by atoms with Gasteiger partial charge in [-0.3, -0.25) is 9.59 Å². The molecule has 76 valence electrons. The van der Waals surface area contributed by atoms with Gasteiger partial charge in [0.15, 0.2) is 0 Å². The average Bonchev–Trinajstić information content (AvgIpc) is 2.77. The van der Waals surface area contributed by atoms with Crippen molar-refractivity contribution in [1.82, 2.24) is 0 Å². The van der Waals surface area contributed by atoms with Crippen LogP contribution < -0.4 is 5.32 Å². The molecule has 15 heavy (non-hydrogen) atoms. The van der Waals surface area contributed by atoms with Gasteiger partial charge < -0.3 is 5.32 Å². The van der Waals surface area contributed by atoms with Gasteiger partial charge in [0.2, 0.25) is 0 Å². The molecule has 3 rings (SSSR count). The topological polar surface area (TPSA) is 46.2 Å². The van der Waals surface area contributed by atoms with Gasteiger partial charge in [0.1, 0.15) is 0 Å². The van der Waals surface area contributed by atoms with Crippen LogP contribution in [-0.4, -0.2) is 11.7 Å². The summed E-state index contributed by atoms with van der Waals surface area (Å²) in [6.07, 6.45) is 3.06. The summed E-state index contributed by atoms with van der Waals surface area (Å²) in [5.74, 6) is -0.919. The van der Waals surface area contributed by atoms with Crippen LogP contribution in [0.5, 0.6) is 0 Å². The largest absolute Gasteiger partial charge is 0.318 e. The number of benzene rings is 1. The summed E-state index contributed by atoms with van der Waals surface area (Å²) < 4.78 is 0.957. The third kappa shape index (κ3) is 1.11. The summed E-state index contributed by atoms with van der Waals surface area (Å²) in [4.78, 5) is 22.8. The maximum atomic E-state index is 11.5. The SMILES string of the molecule is O=C1Nc2c(cc(Br)c3c2CCC3)C1=O. The Morgan fingerprint density at radius 3 is 2.73 bits per heavy atom. The fourth-order valence-corrected chi connectivity index (χ4v) is 3.01. The second-order valence-electron chi connectivity index (χ2n) is 3.87. The van der Waals surface area contributed by atoms with Gasteiger partial charge in [0.25, 0.3) is 11.7 Å². The Bertz CT molecular complexity index is 508. The molecule has 0 fully saturated rings. The fourth-order valence-electron chi connectivity index (χ4n) is 2.35. The van der Waals surface area contributed by atoms with Crippen LogP contribution in [0.2, 0.25) is 0 Å². The van der Waals surface area contributed by atoms with Crippen LogP contribution in [0.4, 0.5) is 5.69 Å². The molecule has 4 heteroatoms. The lowest BCUT2D eigenvalue weighted by atomic mass is 10.0. The van der Waals surface area contributed by atoms with Crippen LogP contribution in [0, 0.1) is 0 Å². The van der Waals surface area contributed by atoms with Crippen LogP contribution in [0.3, 0.4) is 0 Å². The van der Waals surface area contributed by atoms with E-state index >= 15 is 0 Å². The minimum absolute atomic E-state index is 0.416. The van der Waals surface area contributed by atoms with Crippen LogP contribution in [0.25, 0.3) is 0 Å². The van der Waals surface area contributed by atoms with E-state index < -0.39 is 11.7 Å². The highest BCUT2D eigenvalue weighted by molar-refractivity contribution is 9.10. The molecule has 0 saturated heterocycles. The number of rotatable bonds is 0. The molecule has 0 radical (unpaired) electrons. The molecule has 1 aromatic carbocycles. The number of hydrogen-bond donors (Lipinski definition) is 1. The van der Waals surface area contributed by atoms with E-state index in [-0.39, 0.29) is 0 Å². The van der Waals surface area contributed by atoms with Crippen LogP contribution in [0.15, 0.2) is 10.5 Å². The van der Waals surface area contributed by atoms with Gasteiger partial charge in [-0.1, -0.05) is 15.9 Å². The van der Waals surface area contributed by atoms with Gasteiger partial charge in [-0.25, -0.2) is 0 Å². The predicted molar refractivity (Wildman–Crippen MR) is 59.1 cm³/mol. The van der Waals surface area contributed by atoms with E-state index in [1.807, 2.05) is 0 Å². The van der Waals surface area contributed by atoms with Crippen LogP contribution in [0.1, 0.15) is 27.9 Å². The third-order valence-electron chi connectivity index (χ3n) is 3.04. The van der Waals surface area contributed by atoms with Crippen LogP contribution >= 0.6 is 15.9 Å². The zero-order chi connectivity index (χ0) is 10.6. The first-order valence-corrected chi connectivity index (χ1v) is 5.67. The Labute approximate surface area is 95.0 Å². The maximum absolute atomic E-state index is 11.5. The predicted octanol–water partition coefficient (Wildman–Crippen LogP) is 2.07. The molecule has 0 saturated carbocycles. The number of nitrogens with one attached hydrogen (secondary N) is 1. The fraction of sp³-hybridized carbons (Fsp3) is 0.273. The maximum Gasteiger partial charge on any atom is 0.296 e. The van der Waals surface area contributed by atoms with Crippen molar-refractivity contribution >= 4 is 33.3 Å². The van der Waals surface area contributed by atoms with E-state index in [2.05, 4.69) is 21.2 Å². The smallest absolute Gasteiger partial charge is 0.296 e. The molecule has 1 N–H and O–H groups in total. The standard InChI is InChI=1S/C11H8BrNO2/c12-8-4-7-9(13-11(15)10(7)14)6-3-1-2-5(6)8/h4H,1-3H2,(H,13,14,15). The second-order valence-corrected chi connectivity index (χ2v) is 4.73. The molecule has 1 aliphatic heterocycles. The summed E-state index contributed by atoms with van der Waals surface area (Å²) in [5.41, 5.74) is 3.65. The van der Waals surface area contributed by atoms with E-state index in [1.165, 1.54) is 5.56 Å². The van der Waals surface area contributed by atoms with Crippen molar-refractivity contribution in [3.8, 4) is 0 Å². The number of carbonyl (C=O) groups is 2. The third-order valence-corrected chi connectivity index (χ3v) is 3.75. The quantitative estimate of drug-likeness (QED) is 0.731. The van der Waals surface area contributed by atoms with Crippen molar-refractivity contribution in [2.45, 2.75) is 19.3 Å². The zero-order valence-electron chi connectivity index (χ0n) is 7.89. The average molecular weight is 266 g/mol. The molecule has 1 amide bonds. The monoisotopic (exact) mass is 265 g/mol. The van der Waals surface area contributed by atoms with E-state index in [0.717, 1.165) is 35.0 Å². The number of amides is 1. The van der Waals surface area contributed by atoms with Crippen molar-refractivity contribution in [1.29, 1.82) is 0 Å². The first-order chi connectivity index (χ1) is 7.18. The van der Waals surface area contributed by atoms with E-state index in [4.69, 9.17) is 0 Å². The molecule has 0 unspecified atom stereocenters. The molecule has 3 nitrogen and oxygen atoms in total. The Hall–Kier alpha value is -1.16. The first kappa shape index (κ1) is 9.09. The van der Waals surface area contributed by atoms with E-state index in [1.54, 1.807) is 6.07 Å². The van der Waals surface area contributed by atoms with Gasteiger partial charge in [-0.2, -0.15) is 0 Å². The molecule has 0 spiro atoms. The number of Topliss-reactive ketones (excluding diaryl/α,β-unsaturated/α-hetero) is 1. The Kier molecular flexibility index (Phi) is 1.77. The summed E-state index contributed by atoms with van der Waals surface area (Å²) in [7, 11) is 0. The molecule has 1 aromatic rings. The Morgan fingerprint density at radius 2 is 1.93 bits per heavy atom. The molecule has 0 atom stereocenters. The van der Waals surface area contributed by atoms with Crippen molar-refractivity contribution in [2.24, 2.45) is 0 Å². The first-order valence-electron chi connectivity index (χ1n) is 4.88. The molecule has 1 heterocycles. The minimum atomic E-state index is -0.503. The number of ketones is 1. The van der Waals surface area contributed by atoms with Gasteiger partial charge in [-0.15, -0.1) is 0 Å². The van der Waals surface area contributed by atoms with Crippen LogP contribution in [-0.2, 0) is 17.6 Å². The lowest BCUT2D eigenvalue weighted by Crippen LogP contribution is -2.12. The van der Waals surface area contributed by atoms with E-state index in [0.29, 0.717) is 5.56 Å². The molecular formula is C11H8BrNO2. The molecule has 0 bridgehead atoms. The van der Waals surface area contributed by atoms with Crippen molar-refractivity contribution in [3.63, 3.8) is 0 Å². The summed E-state index contributed by atoms with van der Waals surface area (Å²) >= 11 is 3.46. The molecule has 0 aromatic heterocycles. The zero-order valence-corrected chi connectivity index (χ0v) is 9.48. The Morgan fingerprint density at radius 1 is 1.20 bits per heavy atom. The van der Waals surface area contributed by atoms with Crippen molar-refractivity contribution in [3.05, 3.63) is 27.2 Å². The minimum Gasteiger partial charge on any atom is -0.318 e. The number of anilines is 1. The Balaban J connectivity index is 2.32. The summed E-state index contributed by atoms with van der Waals surface area (Å²) in [5, 5.41) is 2.67. The number of carbonyl (C=O) groups excluding carboxylic acids is 2. The van der Waals surface area contributed by atoms with Gasteiger partial charge >= 0.3 is 0 Å². The van der Waals surface area contributed by atoms with Gasteiger partial charge in [-0.05, 0) is 36.5 Å². The molecule has 1 aliphatic carbocycles. The lowest BCUT2D eigenvalue weighted by molar-refractivity contribution is -0.112. The summed E-state index contributed by atoms with van der Waals surface area (Å²) in [6.45, 7) is 0. The molecular weight excluding hydrogens is 258 g/mol. The highest BCUT2D eigenvalue weighted by Gasteiger charge is 2.33.